The lowest BCUT2D eigenvalue weighted by Gasteiger charge is -2.42. The number of nitro groups is 1. The maximum Gasteiger partial charge on any atom is 0.514 e. The zero-order valence-electron chi connectivity index (χ0n) is 15.3. The molecule has 8 nitrogen and oxygen atoms in total. The van der Waals surface area contributed by atoms with Gasteiger partial charge in [0.1, 0.15) is 11.9 Å². The molecule has 4 rings (SSSR count). The fourth-order valence-corrected chi connectivity index (χ4v) is 4.64. The number of nitrogens with zero attached hydrogens (tertiary/aromatic N) is 1. The predicted molar refractivity (Wildman–Crippen MR) is 93.2 cm³/mol. The molecule has 0 unspecified atom stereocenters. The van der Waals surface area contributed by atoms with Crippen molar-refractivity contribution in [3.05, 3.63) is 34.4 Å². The second kappa shape index (κ2) is 6.76. The third-order valence-corrected chi connectivity index (χ3v) is 5.75. The quantitative estimate of drug-likeness (QED) is 0.343. The summed E-state index contributed by atoms with van der Waals surface area (Å²) in [5, 5.41) is 10.7. The van der Waals surface area contributed by atoms with Crippen molar-refractivity contribution in [1.82, 2.24) is 0 Å². The van der Waals surface area contributed by atoms with E-state index in [4.69, 9.17) is 18.9 Å². The predicted octanol–water partition coefficient (Wildman–Crippen LogP) is 3.68. The highest BCUT2D eigenvalue weighted by atomic mass is 16.7. The molecule has 3 fully saturated rings. The zero-order chi connectivity index (χ0) is 19.2. The van der Waals surface area contributed by atoms with Crippen LogP contribution in [0.5, 0.6) is 5.75 Å². The molecule has 146 valence electrons. The van der Waals surface area contributed by atoms with E-state index in [0.717, 1.165) is 19.3 Å². The van der Waals surface area contributed by atoms with Crippen LogP contribution in [0.1, 0.15) is 33.1 Å². The summed E-state index contributed by atoms with van der Waals surface area (Å²) in [6.45, 7) is 4.95. The molecule has 0 bridgehead atoms. The summed E-state index contributed by atoms with van der Waals surface area (Å²) in [7, 11) is 0. The van der Waals surface area contributed by atoms with Gasteiger partial charge >= 0.3 is 6.16 Å². The Hall–Kier alpha value is -2.19. The third-order valence-electron chi connectivity index (χ3n) is 5.75. The first-order chi connectivity index (χ1) is 12.8. The zero-order valence-corrected chi connectivity index (χ0v) is 15.3. The van der Waals surface area contributed by atoms with Crippen LogP contribution in [0.4, 0.5) is 10.5 Å². The van der Waals surface area contributed by atoms with Gasteiger partial charge in [0.15, 0.2) is 6.29 Å². The fraction of sp³-hybridized carbons (Fsp3) is 0.632. The summed E-state index contributed by atoms with van der Waals surface area (Å²) in [6, 6.07) is 5.33. The van der Waals surface area contributed by atoms with E-state index >= 15 is 0 Å². The van der Waals surface area contributed by atoms with E-state index in [9.17, 15) is 14.9 Å². The molecule has 0 aromatic heterocycles. The molecule has 1 aliphatic carbocycles. The van der Waals surface area contributed by atoms with Crippen LogP contribution in [0.15, 0.2) is 24.3 Å². The molecule has 1 aromatic carbocycles. The largest absolute Gasteiger partial charge is 0.514 e. The van der Waals surface area contributed by atoms with Crippen LogP contribution in [-0.4, -0.2) is 36.2 Å². The molecule has 0 amide bonds. The number of benzene rings is 1. The molecule has 0 radical (unpaired) electrons. The second-order valence-corrected chi connectivity index (χ2v) is 8.28. The summed E-state index contributed by atoms with van der Waals surface area (Å²) in [6.07, 6.45) is 1.26. The van der Waals surface area contributed by atoms with E-state index in [1.54, 1.807) is 0 Å². The summed E-state index contributed by atoms with van der Waals surface area (Å²) >= 11 is 0. The number of ether oxygens (including phenoxy) is 4. The molecular formula is C19H23NO7. The van der Waals surface area contributed by atoms with Crippen LogP contribution in [-0.2, 0) is 14.2 Å². The number of hydrogen-bond donors (Lipinski definition) is 0. The summed E-state index contributed by atoms with van der Waals surface area (Å²) in [4.78, 5) is 22.5. The van der Waals surface area contributed by atoms with Gasteiger partial charge in [-0.05, 0) is 36.8 Å². The minimum atomic E-state index is -0.798. The van der Waals surface area contributed by atoms with Crippen LogP contribution < -0.4 is 4.74 Å². The second-order valence-electron chi connectivity index (χ2n) is 8.28. The average Bonchev–Trinajstić information content (AvgIpc) is 3.14. The van der Waals surface area contributed by atoms with E-state index in [1.165, 1.54) is 24.3 Å². The Labute approximate surface area is 156 Å². The van der Waals surface area contributed by atoms with Gasteiger partial charge in [-0.1, -0.05) is 13.8 Å². The van der Waals surface area contributed by atoms with Gasteiger partial charge < -0.3 is 18.9 Å². The maximum atomic E-state index is 12.3. The topological polar surface area (TPSA) is 97.1 Å². The van der Waals surface area contributed by atoms with Crippen molar-refractivity contribution in [1.29, 1.82) is 0 Å². The number of non-ortho nitro benzene ring substituents is 1. The molecule has 2 aliphatic heterocycles. The molecule has 0 spiro atoms. The fourth-order valence-electron chi connectivity index (χ4n) is 4.64. The van der Waals surface area contributed by atoms with Crippen LogP contribution in [0.3, 0.4) is 0 Å². The normalized spacial score (nSPS) is 33.8. The summed E-state index contributed by atoms with van der Waals surface area (Å²) in [5.41, 5.74) is -0.0825. The van der Waals surface area contributed by atoms with Gasteiger partial charge in [0.05, 0.1) is 17.6 Å². The first kappa shape index (κ1) is 18.2. The Kier molecular flexibility index (Phi) is 4.55. The third kappa shape index (κ3) is 3.64. The molecule has 2 saturated heterocycles. The number of nitro benzene ring substituents is 1. The van der Waals surface area contributed by atoms with E-state index in [-0.39, 0.29) is 47.2 Å². The van der Waals surface area contributed by atoms with Gasteiger partial charge in [-0.25, -0.2) is 4.79 Å². The highest BCUT2D eigenvalue weighted by Gasteiger charge is 2.56. The molecule has 8 heteroatoms. The maximum absolute atomic E-state index is 12.3. The number of carbonyl (C=O) groups excluding carboxylic acids is 1. The van der Waals surface area contributed by atoms with Gasteiger partial charge in [0, 0.05) is 24.0 Å². The molecule has 1 saturated carbocycles. The highest BCUT2D eigenvalue weighted by Crippen LogP contribution is 2.51. The lowest BCUT2D eigenvalue weighted by atomic mass is 9.67. The Bertz CT molecular complexity index is 732. The van der Waals surface area contributed by atoms with Gasteiger partial charge in [-0.3, -0.25) is 10.1 Å². The van der Waals surface area contributed by atoms with Crippen LogP contribution in [0.2, 0.25) is 0 Å². The lowest BCUT2D eigenvalue weighted by molar-refractivity contribution is -0.384. The van der Waals surface area contributed by atoms with Crippen molar-refractivity contribution >= 4 is 11.8 Å². The van der Waals surface area contributed by atoms with Crippen molar-refractivity contribution in [3.8, 4) is 5.75 Å². The van der Waals surface area contributed by atoms with E-state index in [1.807, 2.05) is 0 Å². The van der Waals surface area contributed by atoms with Crippen molar-refractivity contribution in [2.45, 2.75) is 51.6 Å². The van der Waals surface area contributed by atoms with Gasteiger partial charge in [-0.2, -0.15) is 0 Å². The number of fused-ring (bicyclic) bond motifs is 3. The molecule has 5 atom stereocenters. The molecule has 2 heterocycles. The van der Waals surface area contributed by atoms with Crippen LogP contribution in [0.25, 0.3) is 0 Å². The van der Waals surface area contributed by atoms with E-state index in [2.05, 4.69) is 13.8 Å². The smallest absolute Gasteiger partial charge is 0.430 e. The SMILES string of the molecule is CC1(C)C[C@H](OC(=O)Oc2ccc([N+](=O)[O-])cc2)[C@@H]2[C@H]3CCO[C@H]3O[C@@H]2C1. The number of hydrogen-bond acceptors (Lipinski definition) is 7. The van der Waals surface area contributed by atoms with E-state index in [0.29, 0.717) is 6.61 Å². The molecule has 0 N–H and O–H groups in total. The minimum Gasteiger partial charge on any atom is -0.430 e. The first-order valence-electron chi connectivity index (χ1n) is 9.22. The molecule has 3 aliphatic rings. The van der Waals surface area contributed by atoms with Gasteiger partial charge in [-0.15, -0.1) is 0 Å². The Morgan fingerprint density at radius 1 is 1.26 bits per heavy atom. The molecule has 27 heavy (non-hydrogen) atoms. The Morgan fingerprint density at radius 2 is 2.00 bits per heavy atom. The average molecular weight is 377 g/mol. The highest BCUT2D eigenvalue weighted by molar-refractivity contribution is 5.64. The van der Waals surface area contributed by atoms with Crippen LogP contribution in [0, 0.1) is 27.4 Å². The Morgan fingerprint density at radius 3 is 2.70 bits per heavy atom. The summed E-state index contributed by atoms with van der Waals surface area (Å²) in [5.74, 6) is 0.556. The van der Waals surface area contributed by atoms with Crippen molar-refractivity contribution in [2.24, 2.45) is 17.3 Å². The number of rotatable bonds is 3. The standard InChI is InChI=1S/C19H23NO7/c1-19(2)9-14-16(13-7-8-24-17(13)26-14)15(10-19)27-18(21)25-12-5-3-11(4-6-12)20(22)23/h3-6,13-17H,7-10H2,1-2H3/t13-,14-,15+,16-,17+/m1/s1. The Balaban J connectivity index is 1.44. The molecule has 1 aromatic rings. The number of carbonyl (C=O) groups is 1. The van der Waals surface area contributed by atoms with Crippen molar-refractivity contribution in [3.63, 3.8) is 0 Å². The van der Waals surface area contributed by atoms with Crippen molar-refractivity contribution in [2.75, 3.05) is 6.61 Å². The summed E-state index contributed by atoms with van der Waals surface area (Å²) < 4.78 is 22.7. The van der Waals surface area contributed by atoms with Crippen molar-refractivity contribution < 1.29 is 28.7 Å². The van der Waals surface area contributed by atoms with Gasteiger partial charge in [0.25, 0.3) is 5.69 Å². The minimum absolute atomic E-state index is 0.0150. The first-order valence-corrected chi connectivity index (χ1v) is 9.22. The monoisotopic (exact) mass is 377 g/mol. The lowest BCUT2D eigenvalue weighted by Crippen LogP contribution is -2.45. The van der Waals surface area contributed by atoms with E-state index < -0.39 is 11.1 Å². The molecular weight excluding hydrogens is 354 g/mol. The van der Waals surface area contributed by atoms with Crippen LogP contribution >= 0.6 is 0 Å². The van der Waals surface area contributed by atoms with Gasteiger partial charge in [0.2, 0.25) is 0 Å².